The first-order valence-electron chi connectivity index (χ1n) is 10.6. The van der Waals surface area contributed by atoms with E-state index in [-0.39, 0.29) is 24.1 Å². The zero-order chi connectivity index (χ0) is 23.5. The third kappa shape index (κ3) is 4.86. The number of benzene rings is 1. The summed E-state index contributed by atoms with van der Waals surface area (Å²) in [6.07, 6.45) is 3.05. The first-order chi connectivity index (χ1) is 15.9. The number of carbonyl (C=O) groups is 1. The number of hydrogen-bond donors (Lipinski definition) is 1. The first-order valence-corrected chi connectivity index (χ1v) is 11.0. The van der Waals surface area contributed by atoms with E-state index in [2.05, 4.69) is 0 Å². The Kier molecular flexibility index (Phi) is 6.95. The van der Waals surface area contributed by atoms with Gasteiger partial charge in [0.2, 0.25) is 0 Å². The highest BCUT2D eigenvalue weighted by Crippen LogP contribution is 2.39. The molecule has 4 rings (SSSR count). The Morgan fingerprint density at radius 2 is 2.00 bits per heavy atom. The van der Waals surface area contributed by atoms with Crippen LogP contribution in [0.4, 0.5) is 0 Å². The number of rotatable bonds is 9. The van der Waals surface area contributed by atoms with Gasteiger partial charge in [-0.2, -0.15) is 0 Å². The Bertz CT molecular complexity index is 1160. The molecule has 1 heterocycles. The monoisotopic (exact) mass is 476 g/mol. The number of allylic oxidation sites excluding steroid dienone is 3. The number of para-hydroxylation sites is 1. The molecular formula is C24H25ClO8. The van der Waals surface area contributed by atoms with Gasteiger partial charge in [0.15, 0.2) is 16.8 Å². The molecule has 0 radical (unpaired) electrons. The minimum absolute atomic E-state index is 0.0544. The lowest BCUT2D eigenvalue weighted by atomic mass is 9.82. The van der Waals surface area contributed by atoms with Crippen molar-refractivity contribution in [2.45, 2.75) is 31.3 Å². The van der Waals surface area contributed by atoms with E-state index < -0.39 is 11.9 Å². The van der Waals surface area contributed by atoms with Gasteiger partial charge < -0.3 is 28.5 Å². The third-order valence-electron chi connectivity index (χ3n) is 5.96. The predicted molar refractivity (Wildman–Crippen MR) is 120 cm³/mol. The first kappa shape index (κ1) is 23.2. The summed E-state index contributed by atoms with van der Waals surface area (Å²) < 4.78 is 28.7. The number of ether oxygens (including phenoxy) is 4. The molecule has 1 atom stereocenters. The topological polar surface area (TPSA) is 104 Å². The van der Waals surface area contributed by atoms with Gasteiger partial charge in [-0.15, -0.1) is 0 Å². The average molecular weight is 477 g/mol. The SMILES string of the molecule is COC1=CC(OC)=C(OCCOC2CC(C(=O)O)C2)CC1c1cc(=O)c2cccc(Cl)c2o1. The lowest BCUT2D eigenvalue weighted by Gasteiger charge is -2.32. The van der Waals surface area contributed by atoms with Gasteiger partial charge >= 0.3 is 5.97 Å². The maximum absolute atomic E-state index is 12.7. The Hall–Kier alpha value is -2.97. The van der Waals surface area contributed by atoms with Crippen molar-refractivity contribution in [1.29, 1.82) is 0 Å². The maximum atomic E-state index is 12.7. The molecule has 1 unspecified atom stereocenters. The van der Waals surface area contributed by atoms with Gasteiger partial charge in [0.25, 0.3) is 0 Å². The van der Waals surface area contributed by atoms with E-state index in [0.29, 0.717) is 64.9 Å². The minimum atomic E-state index is -0.781. The summed E-state index contributed by atoms with van der Waals surface area (Å²) >= 11 is 6.26. The number of carboxylic acids is 1. The Balaban J connectivity index is 1.48. The Morgan fingerprint density at radius 3 is 2.70 bits per heavy atom. The van der Waals surface area contributed by atoms with Gasteiger partial charge in [-0.05, 0) is 25.0 Å². The molecule has 0 bridgehead atoms. The highest BCUT2D eigenvalue weighted by atomic mass is 35.5. The molecule has 1 N–H and O–H groups in total. The zero-order valence-electron chi connectivity index (χ0n) is 18.3. The van der Waals surface area contributed by atoms with Crippen LogP contribution in [0.3, 0.4) is 0 Å². The predicted octanol–water partition coefficient (Wildman–Crippen LogP) is 4.22. The van der Waals surface area contributed by atoms with Crippen LogP contribution in [0.25, 0.3) is 11.0 Å². The van der Waals surface area contributed by atoms with Crippen LogP contribution in [-0.4, -0.2) is 44.6 Å². The lowest BCUT2D eigenvalue weighted by Crippen LogP contribution is -2.36. The fraction of sp³-hybridized carbons (Fsp3) is 0.417. The van der Waals surface area contributed by atoms with Gasteiger partial charge in [-0.25, -0.2) is 0 Å². The van der Waals surface area contributed by atoms with Crippen LogP contribution in [-0.2, 0) is 23.7 Å². The van der Waals surface area contributed by atoms with Gasteiger partial charge in [-0.3, -0.25) is 9.59 Å². The maximum Gasteiger partial charge on any atom is 0.306 e. The fourth-order valence-electron chi connectivity index (χ4n) is 4.06. The van der Waals surface area contributed by atoms with Crippen LogP contribution < -0.4 is 5.43 Å². The summed E-state index contributed by atoms with van der Waals surface area (Å²) in [7, 11) is 3.08. The molecule has 0 amide bonds. The van der Waals surface area contributed by atoms with Crippen LogP contribution >= 0.6 is 11.6 Å². The average Bonchev–Trinajstić information content (AvgIpc) is 2.77. The van der Waals surface area contributed by atoms with Gasteiger partial charge in [0, 0.05) is 18.6 Å². The van der Waals surface area contributed by atoms with E-state index in [1.165, 1.54) is 13.2 Å². The molecule has 176 valence electrons. The summed E-state index contributed by atoms with van der Waals surface area (Å²) in [5, 5.41) is 9.71. The van der Waals surface area contributed by atoms with Crippen molar-refractivity contribution < 1.29 is 33.3 Å². The van der Waals surface area contributed by atoms with E-state index in [1.54, 1.807) is 31.4 Å². The third-order valence-corrected chi connectivity index (χ3v) is 6.26. The molecule has 33 heavy (non-hydrogen) atoms. The zero-order valence-corrected chi connectivity index (χ0v) is 19.1. The molecule has 9 heteroatoms. The molecule has 1 aromatic carbocycles. The molecule has 0 aliphatic heterocycles. The smallest absolute Gasteiger partial charge is 0.306 e. The highest BCUT2D eigenvalue weighted by Gasteiger charge is 2.35. The summed E-state index contributed by atoms with van der Waals surface area (Å²) in [4.78, 5) is 23.6. The molecule has 1 saturated carbocycles. The van der Waals surface area contributed by atoms with Crippen molar-refractivity contribution in [2.75, 3.05) is 27.4 Å². The molecule has 1 fully saturated rings. The summed E-state index contributed by atoms with van der Waals surface area (Å²) in [5.74, 6) is 0.567. The fourth-order valence-corrected chi connectivity index (χ4v) is 4.27. The van der Waals surface area contributed by atoms with Crippen LogP contribution in [0.1, 0.15) is 30.9 Å². The molecule has 1 aromatic heterocycles. The second kappa shape index (κ2) is 9.89. The Morgan fingerprint density at radius 1 is 1.21 bits per heavy atom. The number of carboxylic acid groups (broad SMARTS) is 1. The second-order valence-corrected chi connectivity index (χ2v) is 8.38. The van der Waals surface area contributed by atoms with Gasteiger partial charge in [0.1, 0.15) is 23.9 Å². The number of aliphatic carboxylic acids is 1. The van der Waals surface area contributed by atoms with Crippen molar-refractivity contribution in [3.63, 3.8) is 0 Å². The molecule has 0 saturated heterocycles. The molecule has 2 aliphatic carbocycles. The van der Waals surface area contributed by atoms with Crippen molar-refractivity contribution in [3.05, 3.63) is 68.6 Å². The van der Waals surface area contributed by atoms with Crippen LogP contribution in [0.5, 0.6) is 0 Å². The number of halogens is 1. The van der Waals surface area contributed by atoms with E-state index in [4.69, 9.17) is 40.1 Å². The second-order valence-electron chi connectivity index (χ2n) is 7.98. The van der Waals surface area contributed by atoms with Crippen molar-refractivity contribution in [1.82, 2.24) is 0 Å². The van der Waals surface area contributed by atoms with Crippen LogP contribution in [0, 0.1) is 5.92 Å². The van der Waals surface area contributed by atoms with Crippen LogP contribution in [0.2, 0.25) is 5.02 Å². The van der Waals surface area contributed by atoms with E-state index in [1.807, 2.05) is 0 Å². The normalized spacial score (nSPS) is 22.5. The van der Waals surface area contributed by atoms with E-state index >= 15 is 0 Å². The summed E-state index contributed by atoms with van der Waals surface area (Å²) in [6.45, 7) is 0.594. The standard InChI is InChI=1S/C24H25ClO8/c1-29-19-12-21(30-2)22(32-7-6-31-14-8-13(9-14)24(27)28)10-16(19)20-11-18(26)15-4-3-5-17(25)23(15)33-20/h3-5,11-14,16H,6-10H2,1-2H3,(H,27,28). The molecule has 2 aromatic rings. The van der Waals surface area contributed by atoms with Crippen molar-refractivity contribution in [3.8, 4) is 0 Å². The summed E-state index contributed by atoms with van der Waals surface area (Å²) in [5.41, 5.74) is 0.136. The highest BCUT2D eigenvalue weighted by molar-refractivity contribution is 6.34. The lowest BCUT2D eigenvalue weighted by molar-refractivity contribution is -0.151. The Labute approximate surface area is 195 Å². The van der Waals surface area contributed by atoms with E-state index in [0.717, 1.165) is 0 Å². The van der Waals surface area contributed by atoms with Crippen LogP contribution in [0.15, 0.2) is 56.8 Å². The quantitative estimate of drug-likeness (QED) is 0.536. The molecular weight excluding hydrogens is 452 g/mol. The number of methoxy groups -OCH3 is 2. The van der Waals surface area contributed by atoms with E-state index in [9.17, 15) is 9.59 Å². The molecule has 0 spiro atoms. The molecule has 2 aliphatic rings. The minimum Gasteiger partial charge on any atom is -0.500 e. The molecule has 8 nitrogen and oxygen atoms in total. The van der Waals surface area contributed by atoms with Crippen molar-refractivity contribution >= 4 is 28.5 Å². The van der Waals surface area contributed by atoms with Gasteiger partial charge in [0.05, 0.1) is 49.2 Å². The van der Waals surface area contributed by atoms with Gasteiger partial charge in [-0.1, -0.05) is 17.7 Å². The number of fused-ring (bicyclic) bond motifs is 1. The van der Waals surface area contributed by atoms with Crippen molar-refractivity contribution in [2.24, 2.45) is 5.92 Å². The number of hydrogen-bond acceptors (Lipinski definition) is 7. The largest absolute Gasteiger partial charge is 0.500 e. The summed E-state index contributed by atoms with van der Waals surface area (Å²) in [6, 6.07) is 6.49.